The maximum Gasteiger partial charge on any atom is 0.119 e. The monoisotopic (exact) mass is 256 g/mol. The average molecular weight is 256 g/mol. The van der Waals surface area contributed by atoms with Crippen LogP contribution in [0.1, 0.15) is 22.7 Å². The Bertz CT molecular complexity index is 566. The minimum Gasteiger partial charge on any atom is -0.497 e. The van der Waals surface area contributed by atoms with Crippen molar-refractivity contribution >= 4 is 5.69 Å². The Hall–Kier alpha value is -2.00. The van der Waals surface area contributed by atoms with Gasteiger partial charge in [-0.2, -0.15) is 0 Å². The first kappa shape index (κ1) is 13.4. The molecule has 4 N–H and O–H groups in total. The third-order valence-electron chi connectivity index (χ3n) is 3.31. The first-order chi connectivity index (χ1) is 9.10. The molecule has 19 heavy (non-hydrogen) atoms. The molecule has 0 saturated heterocycles. The van der Waals surface area contributed by atoms with Crippen molar-refractivity contribution in [2.75, 3.05) is 12.8 Å². The number of ether oxygens (including phenoxy) is 1. The van der Waals surface area contributed by atoms with Crippen LogP contribution in [0, 0.1) is 6.92 Å². The molecule has 3 nitrogen and oxygen atoms in total. The molecule has 0 aromatic heterocycles. The Morgan fingerprint density at radius 3 is 2.63 bits per heavy atom. The number of nitrogens with two attached hydrogens (primary N) is 2. The molecular formula is C16H20N2O. The van der Waals surface area contributed by atoms with Crippen molar-refractivity contribution < 1.29 is 4.74 Å². The van der Waals surface area contributed by atoms with Gasteiger partial charge < -0.3 is 16.2 Å². The fraction of sp³-hybridized carbons (Fsp3) is 0.250. The number of methoxy groups -OCH3 is 1. The maximum atomic E-state index is 6.26. The predicted molar refractivity (Wildman–Crippen MR) is 79.2 cm³/mol. The SMILES string of the molecule is COc1cccc(CC(N)c2ccc(N)c(C)c2)c1. The third-order valence-corrected chi connectivity index (χ3v) is 3.31. The van der Waals surface area contributed by atoms with Crippen molar-refractivity contribution in [1.29, 1.82) is 0 Å². The van der Waals surface area contributed by atoms with Crippen LogP contribution in [0.25, 0.3) is 0 Å². The summed E-state index contributed by atoms with van der Waals surface area (Å²) in [5.74, 6) is 0.859. The Kier molecular flexibility index (Phi) is 4.07. The summed E-state index contributed by atoms with van der Waals surface area (Å²) < 4.78 is 5.22. The van der Waals surface area contributed by atoms with Crippen molar-refractivity contribution in [1.82, 2.24) is 0 Å². The van der Waals surface area contributed by atoms with Crippen LogP contribution in [0.5, 0.6) is 5.75 Å². The Morgan fingerprint density at radius 1 is 1.16 bits per heavy atom. The topological polar surface area (TPSA) is 61.3 Å². The molecule has 1 atom stereocenters. The van der Waals surface area contributed by atoms with Crippen molar-refractivity contribution in [3.63, 3.8) is 0 Å². The predicted octanol–water partition coefficient (Wildman–Crippen LogP) is 2.83. The van der Waals surface area contributed by atoms with Gasteiger partial charge in [0.25, 0.3) is 0 Å². The van der Waals surface area contributed by atoms with E-state index in [1.54, 1.807) is 7.11 Å². The summed E-state index contributed by atoms with van der Waals surface area (Å²) >= 11 is 0. The van der Waals surface area contributed by atoms with E-state index < -0.39 is 0 Å². The number of rotatable bonds is 4. The molecule has 100 valence electrons. The zero-order valence-electron chi connectivity index (χ0n) is 11.4. The van der Waals surface area contributed by atoms with Crippen molar-refractivity contribution in [2.45, 2.75) is 19.4 Å². The molecule has 0 fully saturated rings. The fourth-order valence-electron chi connectivity index (χ4n) is 2.10. The number of hydrogen-bond donors (Lipinski definition) is 2. The van der Waals surface area contributed by atoms with Gasteiger partial charge in [-0.25, -0.2) is 0 Å². The lowest BCUT2D eigenvalue weighted by atomic mass is 9.98. The molecule has 0 spiro atoms. The summed E-state index contributed by atoms with van der Waals surface area (Å²) in [5, 5.41) is 0. The van der Waals surface area contributed by atoms with Crippen LogP contribution < -0.4 is 16.2 Å². The summed E-state index contributed by atoms with van der Waals surface area (Å²) in [6.07, 6.45) is 0.778. The summed E-state index contributed by atoms with van der Waals surface area (Å²) in [5.41, 5.74) is 16.2. The van der Waals surface area contributed by atoms with E-state index in [1.807, 2.05) is 37.3 Å². The van der Waals surface area contributed by atoms with Gasteiger partial charge in [0.05, 0.1) is 7.11 Å². The fourth-order valence-corrected chi connectivity index (χ4v) is 2.10. The quantitative estimate of drug-likeness (QED) is 0.827. The zero-order chi connectivity index (χ0) is 13.8. The van der Waals surface area contributed by atoms with Gasteiger partial charge in [-0.3, -0.25) is 0 Å². The van der Waals surface area contributed by atoms with Crippen molar-refractivity contribution in [3.8, 4) is 5.75 Å². The molecule has 0 aliphatic rings. The molecule has 1 unspecified atom stereocenters. The van der Waals surface area contributed by atoms with E-state index in [-0.39, 0.29) is 6.04 Å². The van der Waals surface area contributed by atoms with E-state index in [0.717, 1.165) is 29.0 Å². The molecule has 2 rings (SSSR count). The molecule has 2 aromatic rings. The minimum absolute atomic E-state index is 0.0357. The van der Waals surface area contributed by atoms with Crippen molar-refractivity contribution in [2.24, 2.45) is 5.73 Å². The number of nitrogen functional groups attached to an aromatic ring is 1. The number of hydrogen-bond acceptors (Lipinski definition) is 3. The number of aryl methyl sites for hydroxylation is 1. The molecule has 0 heterocycles. The first-order valence-electron chi connectivity index (χ1n) is 6.34. The largest absolute Gasteiger partial charge is 0.497 e. The van der Waals surface area contributed by atoms with E-state index in [9.17, 15) is 0 Å². The second-order valence-corrected chi connectivity index (χ2v) is 4.78. The standard InChI is InChI=1S/C16H20N2O/c1-11-8-13(6-7-15(11)17)16(18)10-12-4-3-5-14(9-12)19-2/h3-9,16H,10,17-18H2,1-2H3. The summed E-state index contributed by atoms with van der Waals surface area (Å²) in [6.45, 7) is 2.00. The lowest BCUT2D eigenvalue weighted by Gasteiger charge is -2.14. The molecule has 0 bridgehead atoms. The van der Waals surface area contributed by atoms with Gasteiger partial charge in [0.15, 0.2) is 0 Å². The minimum atomic E-state index is -0.0357. The highest BCUT2D eigenvalue weighted by Crippen LogP contribution is 2.22. The third kappa shape index (κ3) is 3.26. The summed E-state index contributed by atoms with van der Waals surface area (Å²) in [7, 11) is 1.67. The van der Waals surface area contributed by atoms with Gasteiger partial charge in [-0.15, -0.1) is 0 Å². The van der Waals surface area contributed by atoms with Crippen LogP contribution >= 0.6 is 0 Å². The van der Waals surface area contributed by atoms with E-state index in [0.29, 0.717) is 0 Å². The van der Waals surface area contributed by atoms with Gasteiger partial charge in [-0.05, 0) is 48.2 Å². The van der Waals surface area contributed by atoms with Gasteiger partial charge >= 0.3 is 0 Å². The molecule has 0 aliphatic carbocycles. The normalized spacial score (nSPS) is 12.2. The van der Waals surface area contributed by atoms with E-state index in [4.69, 9.17) is 16.2 Å². The first-order valence-corrected chi connectivity index (χ1v) is 6.34. The second kappa shape index (κ2) is 5.76. The molecule has 0 saturated carbocycles. The average Bonchev–Trinajstić information content (AvgIpc) is 2.42. The van der Waals surface area contributed by atoms with Crippen LogP contribution in [0.4, 0.5) is 5.69 Å². The van der Waals surface area contributed by atoms with Gasteiger partial charge in [0, 0.05) is 11.7 Å². The molecule has 2 aromatic carbocycles. The van der Waals surface area contributed by atoms with Crippen LogP contribution in [0.15, 0.2) is 42.5 Å². The Labute approximate surface area is 114 Å². The number of anilines is 1. The van der Waals surface area contributed by atoms with E-state index in [2.05, 4.69) is 12.1 Å². The van der Waals surface area contributed by atoms with Gasteiger partial charge in [-0.1, -0.05) is 24.3 Å². The second-order valence-electron chi connectivity index (χ2n) is 4.78. The number of benzene rings is 2. The molecule has 0 radical (unpaired) electrons. The smallest absolute Gasteiger partial charge is 0.119 e. The van der Waals surface area contributed by atoms with Crippen LogP contribution in [0.3, 0.4) is 0 Å². The van der Waals surface area contributed by atoms with E-state index in [1.165, 1.54) is 5.56 Å². The molecule has 3 heteroatoms. The molecule has 0 aliphatic heterocycles. The summed E-state index contributed by atoms with van der Waals surface area (Å²) in [4.78, 5) is 0. The highest BCUT2D eigenvalue weighted by atomic mass is 16.5. The Morgan fingerprint density at radius 2 is 1.95 bits per heavy atom. The highest BCUT2D eigenvalue weighted by Gasteiger charge is 2.08. The van der Waals surface area contributed by atoms with E-state index >= 15 is 0 Å². The maximum absolute atomic E-state index is 6.26. The lowest BCUT2D eigenvalue weighted by molar-refractivity contribution is 0.414. The summed E-state index contributed by atoms with van der Waals surface area (Å²) in [6, 6.07) is 13.9. The van der Waals surface area contributed by atoms with Crippen LogP contribution in [-0.2, 0) is 6.42 Å². The van der Waals surface area contributed by atoms with Gasteiger partial charge in [0.2, 0.25) is 0 Å². The van der Waals surface area contributed by atoms with Crippen LogP contribution in [-0.4, -0.2) is 7.11 Å². The lowest BCUT2D eigenvalue weighted by Crippen LogP contribution is -2.13. The highest BCUT2D eigenvalue weighted by molar-refractivity contribution is 5.48. The van der Waals surface area contributed by atoms with Gasteiger partial charge in [0.1, 0.15) is 5.75 Å². The molecule has 0 amide bonds. The Balaban J connectivity index is 2.15. The molecular weight excluding hydrogens is 236 g/mol. The zero-order valence-corrected chi connectivity index (χ0v) is 11.4. The van der Waals surface area contributed by atoms with Crippen LogP contribution in [0.2, 0.25) is 0 Å². The van der Waals surface area contributed by atoms with Crippen molar-refractivity contribution in [3.05, 3.63) is 59.2 Å².